The zero-order valence-electron chi connectivity index (χ0n) is 12.5. The molecule has 138 valence electrons. The monoisotopic (exact) mass is 353 g/mol. The lowest BCUT2D eigenvalue weighted by Gasteiger charge is -2.44. The zero-order valence-corrected chi connectivity index (χ0v) is 12.5. The first-order chi connectivity index (χ1) is 11.1. The highest BCUT2D eigenvalue weighted by molar-refractivity contribution is 6.02. The Labute approximate surface area is 135 Å². The number of carbonyl (C=O) groups is 3. The number of hydrogen-bond donors (Lipinski definition) is 7. The van der Waals surface area contributed by atoms with Crippen molar-refractivity contribution >= 4 is 17.8 Å². The minimum atomic E-state index is -3.22. The van der Waals surface area contributed by atoms with Gasteiger partial charge in [0.25, 0.3) is 11.7 Å². The Kier molecular flexibility index (Phi) is 6.59. The van der Waals surface area contributed by atoms with Gasteiger partial charge in [-0.15, -0.1) is 0 Å². The van der Waals surface area contributed by atoms with Gasteiger partial charge in [-0.05, 0) is 6.92 Å². The van der Waals surface area contributed by atoms with Gasteiger partial charge in [0, 0.05) is 0 Å². The van der Waals surface area contributed by atoms with E-state index in [0.29, 0.717) is 0 Å². The summed E-state index contributed by atoms with van der Waals surface area (Å²) in [5.41, 5.74) is 0. The van der Waals surface area contributed by atoms with Crippen molar-refractivity contribution in [1.29, 1.82) is 0 Å². The first-order valence-electron chi connectivity index (χ1n) is 6.85. The molecule has 6 atom stereocenters. The second-order valence-electron chi connectivity index (χ2n) is 4.96. The molecule has 0 radical (unpaired) electrons. The number of hydrogen-bond acceptors (Lipinski definition) is 10. The Balaban J connectivity index is 3.01. The number of aliphatic carboxylic acids is 1. The topological polar surface area (TPSA) is 203 Å². The van der Waals surface area contributed by atoms with Gasteiger partial charge in [0.1, 0.15) is 24.4 Å². The third-order valence-corrected chi connectivity index (χ3v) is 3.34. The molecule has 0 bridgehead atoms. The fraction of sp³-hybridized carbons (Fsp3) is 0.750. The summed E-state index contributed by atoms with van der Waals surface area (Å²) in [6.07, 6.45) is -7.94. The van der Waals surface area contributed by atoms with Gasteiger partial charge in [0.15, 0.2) is 0 Å². The number of carbonyl (C=O) groups excluding carboxylic acids is 2. The highest BCUT2D eigenvalue weighted by atomic mass is 16.7. The van der Waals surface area contributed by atoms with Crippen molar-refractivity contribution in [3.05, 3.63) is 0 Å². The molecule has 0 aromatic carbocycles. The summed E-state index contributed by atoms with van der Waals surface area (Å²) in [6, 6.07) is -2.21. The summed E-state index contributed by atoms with van der Waals surface area (Å²) >= 11 is 0. The molecule has 1 heterocycles. The molecule has 1 fully saturated rings. The van der Waals surface area contributed by atoms with E-state index in [0.717, 1.165) is 0 Å². The van der Waals surface area contributed by atoms with Crippen LogP contribution in [0.2, 0.25) is 0 Å². The lowest BCUT2D eigenvalue weighted by Crippen LogP contribution is -2.71. The largest absolute Gasteiger partial charge is 0.479 e. The third kappa shape index (κ3) is 3.80. The zero-order chi connectivity index (χ0) is 18.7. The van der Waals surface area contributed by atoms with Gasteiger partial charge in [-0.25, -0.2) is 9.59 Å². The van der Waals surface area contributed by atoms with Crippen LogP contribution in [0.1, 0.15) is 6.92 Å². The molecule has 1 saturated heterocycles. The molecule has 12 nitrogen and oxygen atoms in total. The van der Waals surface area contributed by atoms with Gasteiger partial charge in [-0.2, -0.15) is 0 Å². The van der Waals surface area contributed by atoms with Crippen LogP contribution in [-0.4, -0.2) is 97.9 Å². The van der Waals surface area contributed by atoms with Crippen molar-refractivity contribution in [1.82, 2.24) is 5.32 Å². The van der Waals surface area contributed by atoms with Crippen LogP contribution >= 0.6 is 0 Å². The molecule has 0 saturated carbocycles. The average Bonchev–Trinajstić information content (AvgIpc) is 2.53. The number of nitrogens with one attached hydrogen (secondary N) is 1. The number of carboxylic acids is 1. The van der Waals surface area contributed by atoms with Crippen LogP contribution < -0.4 is 5.32 Å². The predicted molar refractivity (Wildman–Crippen MR) is 71.1 cm³/mol. The molecular weight excluding hydrogens is 334 g/mol. The van der Waals surface area contributed by atoms with Gasteiger partial charge in [-0.1, -0.05) is 0 Å². The summed E-state index contributed by atoms with van der Waals surface area (Å²) in [4.78, 5) is 34.6. The second-order valence-corrected chi connectivity index (χ2v) is 4.96. The Bertz CT molecular complexity index is 495. The lowest BCUT2D eigenvalue weighted by atomic mass is 9.92. The van der Waals surface area contributed by atoms with Crippen LogP contribution in [0.25, 0.3) is 0 Å². The third-order valence-electron chi connectivity index (χ3n) is 3.34. The SMILES string of the molecule is CCOC(=O)C(NC(=O)[C@@]1(O)O[C@H](CO)[C@@H](O)[C@H](O)[C@@H]1O)C(=O)O. The van der Waals surface area contributed by atoms with Gasteiger partial charge < -0.3 is 45.4 Å². The maximum Gasteiger partial charge on any atom is 0.340 e. The van der Waals surface area contributed by atoms with Crippen LogP contribution in [0.3, 0.4) is 0 Å². The molecule has 24 heavy (non-hydrogen) atoms. The normalized spacial score (nSPS) is 34.2. The van der Waals surface area contributed by atoms with Crippen LogP contribution in [0.4, 0.5) is 0 Å². The summed E-state index contributed by atoms with van der Waals surface area (Å²) < 4.78 is 9.13. The van der Waals surface area contributed by atoms with E-state index in [-0.39, 0.29) is 6.61 Å². The summed E-state index contributed by atoms with van der Waals surface area (Å²) in [5, 5.41) is 58.6. The van der Waals surface area contributed by atoms with Crippen molar-refractivity contribution in [3.63, 3.8) is 0 Å². The Morgan fingerprint density at radius 3 is 2.29 bits per heavy atom. The Morgan fingerprint density at radius 1 is 1.25 bits per heavy atom. The fourth-order valence-electron chi connectivity index (χ4n) is 2.02. The van der Waals surface area contributed by atoms with Crippen molar-refractivity contribution in [2.24, 2.45) is 0 Å². The maximum absolute atomic E-state index is 12.1. The van der Waals surface area contributed by atoms with Gasteiger partial charge in [-0.3, -0.25) is 4.79 Å². The summed E-state index contributed by atoms with van der Waals surface area (Å²) in [5.74, 6) is -8.05. The minimum Gasteiger partial charge on any atom is -0.479 e. The van der Waals surface area contributed by atoms with Crippen LogP contribution in [-0.2, 0) is 23.9 Å². The number of carboxylic acid groups (broad SMARTS) is 1. The molecule has 7 N–H and O–H groups in total. The number of ether oxygens (including phenoxy) is 2. The number of aliphatic hydroxyl groups is 5. The van der Waals surface area contributed by atoms with E-state index in [1.807, 2.05) is 0 Å². The lowest BCUT2D eigenvalue weighted by molar-refractivity contribution is -0.331. The molecular formula is C12H19NO11. The average molecular weight is 353 g/mol. The number of rotatable bonds is 6. The van der Waals surface area contributed by atoms with Crippen LogP contribution in [0, 0.1) is 0 Å². The quantitative estimate of drug-likeness (QED) is 0.178. The van der Waals surface area contributed by atoms with Gasteiger partial charge >= 0.3 is 11.9 Å². The maximum atomic E-state index is 12.1. The van der Waals surface area contributed by atoms with E-state index < -0.39 is 60.7 Å². The number of aliphatic hydroxyl groups excluding tert-OH is 4. The van der Waals surface area contributed by atoms with Crippen molar-refractivity contribution in [2.75, 3.05) is 13.2 Å². The van der Waals surface area contributed by atoms with Gasteiger partial charge in [0.2, 0.25) is 6.04 Å². The standard InChI is InChI=1S/C12H19NO11/c1-2-23-10(20)5(9(18)19)13-11(21)12(22)8(17)7(16)6(15)4(3-14)24-12/h4-8,14-17,22H,2-3H2,1H3,(H,13,21)(H,18,19)/t4-,5?,6-,7+,8+,12+/m1/s1. The molecule has 12 heteroatoms. The van der Waals surface area contributed by atoms with Crippen molar-refractivity contribution < 1.29 is 54.5 Å². The van der Waals surface area contributed by atoms with E-state index in [9.17, 15) is 34.8 Å². The molecule has 1 aliphatic rings. The highest BCUT2D eigenvalue weighted by Gasteiger charge is 2.58. The van der Waals surface area contributed by atoms with Crippen LogP contribution in [0.5, 0.6) is 0 Å². The molecule has 0 aliphatic carbocycles. The minimum absolute atomic E-state index is 0.181. The Hall–Kier alpha value is -1.83. The fourth-order valence-corrected chi connectivity index (χ4v) is 2.02. The van der Waals surface area contributed by atoms with Crippen LogP contribution in [0.15, 0.2) is 0 Å². The molecule has 0 spiro atoms. The molecule has 0 aromatic heterocycles. The summed E-state index contributed by atoms with van der Waals surface area (Å²) in [6.45, 7) is 0.282. The summed E-state index contributed by atoms with van der Waals surface area (Å²) in [7, 11) is 0. The van der Waals surface area contributed by atoms with E-state index in [2.05, 4.69) is 9.47 Å². The second kappa shape index (κ2) is 7.83. The molecule has 1 amide bonds. The molecule has 1 unspecified atom stereocenters. The van der Waals surface area contributed by atoms with Crippen molar-refractivity contribution in [2.45, 2.75) is 43.2 Å². The highest BCUT2D eigenvalue weighted by Crippen LogP contribution is 2.28. The predicted octanol–water partition coefficient (Wildman–Crippen LogP) is -4.72. The number of amides is 1. The van der Waals surface area contributed by atoms with Gasteiger partial charge in [0.05, 0.1) is 13.2 Å². The van der Waals surface area contributed by atoms with E-state index in [4.69, 9.17) is 10.2 Å². The molecule has 1 aliphatic heterocycles. The molecule has 0 aromatic rings. The first kappa shape index (κ1) is 20.2. The van der Waals surface area contributed by atoms with E-state index in [1.54, 1.807) is 5.32 Å². The van der Waals surface area contributed by atoms with Crippen molar-refractivity contribution in [3.8, 4) is 0 Å². The van der Waals surface area contributed by atoms with E-state index in [1.165, 1.54) is 6.92 Å². The Morgan fingerprint density at radius 2 is 1.83 bits per heavy atom. The molecule has 1 rings (SSSR count). The number of esters is 1. The smallest absolute Gasteiger partial charge is 0.340 e. The van der Waals surface area contributed by atoms with E-state index >= 15 is 0 Å². The first-order valence-corrected chi connectivity index (χ1v) is 6.85.